The van der Waals surface area contributed by atoms with Crippen molar-refractivity contribution >= 4 is 22.5 Å². The Balaban J connectivity index is 1.81. The van der Waals surface area contributed by atoms with Crippen LogP contribution in [0.4, 0.5) is 14.3 Å². The minimum Gasteiger partial charge on any atom is -0.315 e. The summed E-state index contributed by atoms with van der Waals surface area (Å²) < 4.78 is 13.9. The van der Waals surface area contributed by atoms with E-state index >= 15 is 0 Å². The molecule has 1 unspecified atom stereocenters. The maximum absolute atomic E-state index is 13.9. The predicted octanol–water partition coefficient (Wildman–Crippen LogP) is 3.43. The first-order valence-electron chi connectivity index (χ1n) is 6.76. The van der Waals surface area contributed by atoms with Gasteiger partial charge in [0.05, 0.1) is 6.04 Å². The molecule has 0 radical (unpaired) electrons. The zero-order chi connectivity index (χ0) is 14.8. The maximum Gasteiger partial charge on any atom is 0.324 e. The Morgan fingerprint density at radius 2 is 2.24 bits per heavy atom. The second-order valence-corrected chi connectivity index (χ2v) is 5.84. The first-order valence-corrected chi connectivity index (χ1v) is 7.64. The fraction of sp³-hybridized carbons (Fsp3) is 0.357. The van der Waals surface area contributed by atoms with Crippen molar-refractivity contribution in [2.45, 2.75) is 31.8 Å². The number of anilines is 1. The number of nitrogens with one attached hydrogen (secondary N) is 1. The first-order chi connectivity index (χ1) is 10.2. The van der Waals surface area contributed by atoms with Crippen LogP contribution in [0.25, 0.3) is 0 Å². The molecule has 1 atom stereocenters. The largest absolute Gasteiger partial charge is 0.324 e. The number of hydrogen-bond acceptors (Lipinski definition) is 4. The van der Waals surface area contributed by atoms with Gasteiger partial charge >= 0.3 is 6.03 Å². The number of benzene rings is 1. The third-order valence-corrected chi connectivity index (χ3v) is 4.13. The van der Waals surface area contributed by atoms with Crippen LogP contribution < -0.4 is 5.32 Å². The molecular weight excluding hydrogens is 291 g/mol. The van der Waals surface area contributed by atoms with Crippen molar-refractivity contribution in [3.05, 3.63) is 41.2 Å². The van der Waals surface area contributed by atoms with E-state index in [0.717, 1.165) is 12.8 Å². The summed E-state index contributed by atoms with van der Waals surface area (Å²) in [5.41, 5.74) is 2.08. The monoisotopic (exact) mass is 306 g/mol. The van der Waals surface area contributed by atoms with E-state index in [0.29, 0.717) is 10.7 Å². The highest BCUT2D eigenvalue weighted by atomic mass is 32.1. The normalized spacial score (nSPS) is 15.5. The molecule has 1 aliphatic carbocycles. The topological polar surface area (TPSA) is 58.1 Å². The lowest BCUT2D eigenvalue weighted by molar-refractivity contribution is 0.187. The second kappa shape index (κ2) is 5.77. The SMILES string of the molecule is CC(c1ccccc1F)N(C(=O)Nc1nncs1)C1CC1. The molecule has 0 spiro atoms. The minimum absolute atomic E-state index is 0.160. The fourth-order valence-corrected chi connectivity index (χ4v) is 2.79. The van der Waals surface area contributed by atoms with Gasteiger partial charge in [0.1, 0.15) is 11.3 Å². The highest BCUT2D eigenvalue weighted by molar-refractivity contribution is 7.13. The highest BCUT2D eigenvalue weighted by Crippen LogP contribution is 2.35. The molecule has 1 N–H and O–H groups in total. The van der Waals surface area contributed by atoms with Gasteiger partial charge in [-0.1, -0.05) is 29.5 Å². The molecule has 1 heterocycles. The van der Waals surface area contributed by atoms with Crippen molar-refractivity contribution in [3.63, 3.8) is 0 Å². The molecule has 7 heteroatoms. The molecule has 0 bridgehead atoms. The number of hydrogen-bond donors (Lipinski definition) is 1. The Morgan fingerprint density at radius 3 is 2.86 bits per heavy atom. The lowest BCUT2D eigenvalue weighted by Crippen LogP contribution is -2.39. The van der Waals surface area contributed by atoms with Crippen LogP contribution in [0.3, 0.4) is 0 Å². The standard InChI is InChI=1S/C14H15FN4OS/c1-9(11-4-2-3-5-12(11)15)19(10-6-7-10)14(20)17-13-18-16-8-21-13/h2-5,8-10H,6-7H2,1H3,(H,17,18,20). The summed E-state index contributed by atoms with van der Waals surface area (Å²) in [6.07, 6.45) is 1.89. The van der Waals surface area contributed by atoms with Crippen LogP contribution in [0.15, 0.2) is 29.8 Å². The molecule has 3 rings (SSSR count). The van der Waals surface area contributed by atoms with Crippen molar-refractivity contribution in [3.8, 4) is 0 Å². The maximum atomic E-state index is 13.9. The van der Waals surface area contributed by atoms with E-state index in [4.69, 9.17) is 0 Å². The summed E-state index contributed by atoms with van der Waals surface area (Å²) in [4.78, 5) is 14.1. The number of aromatic nitrogens is 2. The quantitative estimate of drug-likeness (QED) is 0.941. The lowest BCUT2D eigenvalue weighted by atomic mass is 10.1. The van der Waals surface area contributed by atoms with Crippen molar-refractivity contribution in [2.24, 2.45) is 0 Å². The summed E-state index contributed by atoms with van der Waals surface area (Å²) in [5.74, 6) is -0.292. The van der Waals surface area contributed by atoms with Crippen molar-refractivity contribution in [1.82, 2.24) is 15.1 Å². The van der Waals surface area contributed by atoms with E-state index in [1.807, 2.05) is 6.92 Å². The molecule has 1 aliphatic rings. The zero-order valence-corrected chi connectivity index (χ0v) is 12.3. The number of rotatable bonds is 4. The zero-order valence-electron chi connectivity index (χ0n) is 11.5. The van der Waals surface area contributed by atoms with Gasteiger partial charge in [-0.2, -0.15) is 0 Å². The summed E-state index contributed by atoms with van der Waals surface area (Å²) in [5, 5.41) is 10.7. The molecular formula is C14H15FN4OS. The second-order valence-electron chi connectivity index (χ2n) is 5.01. The Labute approximate surface area is 125 Å². The van der Waals surface area contributed by atoms with Gasteiger partial charge in [0, 0.05) is 11.6 Å². The Kier molecular flexibility index (Phi) is 3.83. The van der Waals surface area contributed by atoms with Gasteiger partial charge in [0.2, 0.25) is 5.13 Å². The van der Waals surface area contributed by atoms with Gasteiger partial charge in [-0.15, -0.1) is 10.2 Å². The molecule has 110 valence electrons. The molecule has 1 aromatic carbocycles. The Morgan fingerprint density at radius 1 is 1.48 bits per heavy atom. The molecule has 5 nitrogen and oxygen atoms in total. The van der Waals surface area contributed by atoms with E-state index in [9.17, 15) is 9.18 Å². The van der Waals surface area contributed by atoms with Crippen molar-refractivity contribution < 1.29 is 9.18 Å². The average molecular weight is 306 g/mol. The molecule has 2 amide bonds. The molecule has 2 aromatic rings. The number of carbonyl (C=O) groups is 1. The van der Waals surface area contributed by atoms with E-state index in [-0.39, 0.29) is 23.9 Å². The van der Waals surface area contributed by atoms with Gasteiger partial charge in [-0.25, -0.2) is 9.18 Å². The van der Waals surface area contributed by atoms with Gasteiger partial charge in [-0.3, -0.25) is 5.32 Å². The number of amides is 2. The van der Waals surface area contributed by atoms with Crippen LogP contribution in [0.2, 0.25) is 0 Å². The van der Waals surface area contributed by atoms with Crippen LogP contribution in [0.1, 0.15) is 31.4 Å². The van der Waals surface area contributed by atoms with Gasteiger partial charge in [0.15, 0.2) is 0 Å². The van der Waals surface area contributed by atoms with E-state index < -0.39 is 0 Å². The highest BCUT2D eigenvalue weighted by Gasteiger charge is 2.37. The van der Waals surface area contributed by atoms with Crippen LogP contribution in [-0.2, 0) is 0 Å². The van der Waals surface area contributed by atoms with Crippen LogP contribution in [0, 0.1) is 5.82 Å². The molecule has 1 saturated carbocycles. The number of carbonyl (C=O) groups excluding carboxylic acids is 1. The third kappa shape index (κ3) is 3.02. The van der Waals surface area contributed by atoms with Crippen LogP contribution >= 0.6 is 11.3 Å². The van der Waals surface area contributed by atoms with Crippen molar-refractivity contribution in [1.29, 1.82) is 0 Å². The molecule has 1 fully saturated rings. The summed E-state index contributed by atoms with van der Waals surface area (Å²) in [6, 6.07) is 6.13. The third-order valence-electron chi connectivity index (χ3n) is 3.52. The van der Waals surface area contributed by atoms with Gasteiger partial charge in [0.25, 0.3) is 0 Å². The Hall–Kier alpha value is -2.02. The van der Waals surface area contributed by atoms with Crippen LogP contribution in [-0.4, -0.2) is 27.2 Å². The Bertz CT molecular complexity index is 630. The fourth-order valence-electron chi connectivity index (χ4n) is 2.36. The molecule has 21 heavy (non-hydrogen) atoms. The number of urea groups is 1. The van der Waals surface area contributed by atoms with E-state index in [1.54, 1.807) is 28.6 Å². The first kappa shape index (κ1) is 13.9. The smallest absolute Gasteiger partial charge is 0.315 e. The van der Waals surface area contributed by atoms with E-state index in [2.05, 4.69) is 15.5 Å². The number of halogens is 1. The minimum atomic E-state index is -0.327. The van der Waals surface area contributed by atoms with Gasteiger partial charge in [-0.05, 0) is 25.8 Å². The van der Waals surface area contributed by atoms with Gasteiger partial charge < -0.3 is 4.90 Å². The average Bonchev–Trinajstić information content (AvgIpc) is 3.16. The summed E-state index contributed by atoms with van der Waals surface area (Å²) >= 11 is 1.26. The van der Waals surface area contributed by atoms with Crippen molar-refractivity contribution in [2.75, 3.05) is 5.32 Å². The summed E-state index contributed by atoms with van der Waals surface area (Å²) in [7, 11) is 0. The van der Waals surface area contributed by atoms with E-state index in [1.165, 1.54) is 17.4 Å². The molecule has 0 saturated heterocycles. The lowest BCUT2D eigenvalue weighted by Gasteiger charge is -2.29. The van der Waals surface area contributed by atoms with Crippen LogP contribution in [0.5, 0.6) is 0 Å². The molecule has 0 aliphatic heterocycles. The number of nitrogens with zero attached hydrogens (tertiary/aromatic N) is 3. The summed E-state index contributed by atoms with van der Waals surface area (Å²) in [6.45, 7) is 1.84. The molecule has 1 aromatic heterocycles. The predicted molar refractivity (Wildman–Crippen MR) is 78.6 cm³/mol.